The van der Waals surface area contributed by atoms with Crippen molar-refractivity contribution >= 4 is 5.96 Å². The Morgan fingerprint density at radius 3 is 2.52 bits per heavy atom. The van der Waals surface area contributed by atoms with Gasteiger partial charge >= 0.3 is 0 Å². The highest BCUT2D eigenvalue weighted by atomic mass is 16.5. The zero-order valence-corrected chi connectivity index (χ0v) is 16.8. The van der Waals surface area contributed by atoms with Crippen molar-refractivity contribution in [2.45, 2.75) is 27.2 Å². The van der Waals surface area contributed by atoms with Gasteiger partial charge in [-0.3, -0.25) is 4.99 Å². The number of aliphatic imine (C=N–C) groups is 1. The molecule has 0 spiro atoms. The Bertz CT molecular complexity index is 395. The molecule has 146 valence electrons. The minimum absolute atomic E-state index is 0.596. The summed E-state index contributed by atoms with van der Waals surface area (Å²) in [5.41, 5.74) is 0. The standard InChI is InChI=1S/C19H39N5O/c1-5-20-19(24-8-7-18(15-24)16-25-4)21-13-17(3)14-23-11-9-22(6-2)10-12-23/h17-18H,5-16H2,1-4H3,(H,20,21). The SMILES string of the molecule is CCNC(=NCC(C)CN1CCN(CC)CC1)N1CCC(COC)C1. The van der Waals surface area contributed by atoms with Gasteiger partial charge in [-0.25, -0.2) is 0 Å². The maximum Gasteiger partial charge on any atom is 0.193 e. The smallest absolute Gasteiger partial charge is 0.193 e. The normalized spacial score (nSPS) is 24.7. The first-order valence-electron chi connectivity index (χ1n) is 10.1. The predicted octanol–water partition coefficient (Wildman–Crippen LogP) is 1.19. The van der Waals surface area contributed by atoms with Crippen molar-refractivity contribution in [1.82, 2.24) is 20.0 Å². The molecule has 0 aromatic heterocycles. The van der Waals surface area contributed by atoms with Crippen LogP contribution in [0.4, 0.5) is 0 Å². The quantitative estimate of drug-likeness (QED) is 0.525. The van der Waals surface area contributed by atoms with E-state index in [4.69, 9.17) is 9.73 Å². The lowest BCUT2D eigenvalue weighted by atomic mass is 10.1. The van der Waals surface area contributed by atoms with E-state index in [0.717, 1.165) is 45.3 Å². The third-order valence-corrected chi connectivity index (χ3v) is 5.36. The van der Waals surface area contributed by atoms with E-state index in [9.17, 15) is 0 Å². The minimum Gasteiger partial charge on any atom is -0.384 e. The van der Waals surface area contributed by atoms with Gasteiger partial charge in [0.15, 0.2) is 5.96 Å². The molecule has 6 heteroatoms. The molecule has 0 bridgehead atoms. The molecule has 0 amide bonds. The van der Waals surface area contributed by atoms with Gasteiger partial charge in [-0.05, 0) is 25.8 Å². The first-order chi connectivity index (χ1) is 12.2. The number of likely N-dealkylation sites (tertiary alicyclic amines) is 1. The Balaban J connectivity index is 1.78. The molecule has 2 unspecified atom stereocenters. The fourth-order valence-electron chi connectivity index (χ4n) is 3.85. The number of guanidine groups is 1. The van der Waals surface area contributed by atoms with E-state index in [-0.39, 0.29) is 0 Å². The monoisotopic (exact) mass is 353 g/mol. The van der Waals surface area contributed by atoms with Crippen molar-refractivity contribution in [2.24, 2.45) is 16.8 Å². The summed E-state index contributed by atoms with van der Waals surface area (Å²) in [5, 5.41) is 3.47. The molecule has 2 saturated heterocycles. The van der Waals surface area contributed by atoms with Crippen LogP contribution in [0.1, 0.15) is 27.2 Å². The lowest BCUT2D eigenvalue weighted by Crippen LogP contribution is -2.47. The summed E-state index contributed by atoms with van der Waals surface area (Å²) in [6.07, 6.45) is 1.20. The Hall–Kier alpha value is -0.850. The van der Waals surface area contributed by atoms with Gasteiger partial charge in [0.1, 0.15) is 0 Å². The number of nitrogens with zero attached hydrogens (tertiary/aromatic N) is 4. The predicted molar refractivity (Wildman–Crippen MR) is 105 cm³/mol. The van der Waals surface area contributed by atoms with Crippen molar-refractivity contribution in [3.05, 3.63) is 0 Å². The van der Waals surface area contributed by atoms with Crippen LogP contribution in [0.25, 0.3) is 0 Å². The molecule has 2 atom stereocenters. The third kappa shape index (κ3) is 6.76. The Labute approximate surface area is 154 Å². The largest absolute Gasteiger partial charge is 0.384 e. The molecule has 0 aromatic carbocycles. The molecule has 6 nitrogen and oxygen atoms in total. The van der Waals surface area contributed by atoms with Gasteiger partial charge in [0.2, 0.25) is 0 Å². The second kappa shape index (κ2) is 11.0. The molecule has 2 aliphatic rings. The first kappa shape index (κ1) is 20.5. The molecule has 2 heterocycles. The summed E-state index contributed by atoms with van der Waals surface area (Å²) in [5.74, 6) is 2.32. The van der Waals surface area contributed by atoms with E-state index in [2.05, 4.69) is 40.8 Å². The zero-order valence-electron chi connectivity index (χ0n) is 16.8. The van der Waals surface area contributed by atoms with Crippen molar-refractivity contribution < 1.29 is 4.74 Å². The van der Waals surface area contributed by atoms with E-state index < -0.39 is 0 Å². The van der Waals surface area contributed by atoms with Crippen LogP contribution in [0.15, 0.2) is 4.99 Å². The zero-order chi connectivity index (χ0) is 18.1. The van der Waals surface area contributed by atoms with E-state index in [1.165, 1.54) is 39.1 Å². The molecule has 2 aliphatic heterocycles. The average Bonchev–Trinajstić information content (AvgIpc) is 3.08. The fourth-order valence-corrected chi connectivity index (χ4v) is 3.85. The molecular weight excluding hydrogens is 314 g/mol. The highest BCUT2D eigenvalue weighted by Crippen LogP contribution is 2.16. The van der Waals surface area contributed by atoms with Crippen LogP contribution >= 0.6 is 0 Å². The maximum atomic E-state index is 5.32. The van der Waals surface area contributed by atoms with Crippen molar-refractivity contribution in [1.29, 1.82) is 0 Å². The highest BCUT2D eigenvalue weighted by Gasteiger charge is 2.25. The van der Waals surface area contributed by atoms with Gasteiger partial charge in [-0.15, -0.1) is 0 Å². The number of hydrogen-bond donors (Lipinski definition) is 1. The molecule has 0 aromatic rings. The number of piperazine rings is 1. The molecule has 2 fully saturated rings. The van der Waals surface area contributed by atoms with Gasteiger partial charge in [0.05, 0.1) is 6.61 Å². The summed E-state index contributed by atoms with van der Waals surface area (Å²) in [7, 11) is 1.80. The second-order valence-electron chi connectivity index (χ2n) is 7.59. The van der Waals surface area contributed by atoms with Crippen molar-refractivity contribution in [3.63, 3.8) is 0 Å². The molecule has 0 aliphatic carbocycles. The summed E-state index contributed by atoms with van der Waals surface area (Å²) in [4.78, 5) is 12.5. The lowest BCUT2D eigenvalue weighted by molar-refractivity contribution is 0.125. The van der Waals surface area contributed by atoms with E-state index in [1.54, 1.807) is 7.11 Å². The van der Waals surface area contributed by atoms with Crippen LogP contribution in [-0.2, 0) is 4.74 Å². The summed E-state index contributed by atoms with van der Waals surface area (Å²) < 4.78 is 5.32. The van der Waals surface area contributed by atoms with Crippen molar-refractivity contribution in [2.75, 3.05) is 79.2 Å². The van der Waals surface area contributed by atoms with Gasteiger partial charge in [0.25, 0.3) is 0 Å². The van der Waals surface area contributed by atoms with Crippen LogP contribution in [0.5, 0.6) is 0 Å². The Kier molecular flexibility index (Phi) is 8.99. The van der Waals surface area contributed by atoms with Gasteiger partial charge in [-0.1, -0.05) is 13.8 Å². The van der Waals surface area contributed by atoms with Gasteiger partial charge in [0, 0.05) is 71.9 Å². The first-order valence-corrected chi connectivity index (χ1v) is 10.1. The number of nitrogens with one attached hydrogen (secondary N) is 1. The highest BCUT2D eigenvalue weighted by molar-refractivity contribution is 5.80. The van der Waals surface area contributed by atoms with Crippen LogP contribution in [-0.4, -0.2) is 99.8 Å². The molecule has 0 saturated carbocycles. The van der Waals surface area contributed by atoms with Crippen LogP contribution in [0.3, 0.4) is 0 Å². The summed E-state index contributed by atoms with van der Waals surface area (Å²) >= 11 is 0. The summed E-state index contributed by atoms with van der Waals surface area (Å²) in [6, 6.07) is 0. The lowest BCUT2D eigenvalue weighted by Gasteiger charge is -2.35. The number of ether oxygens (including phenoxy) is 1. The Morgan fingerprint density at radius 1 is 1.16 bits per heavy atom. The third-order valence-electron chi connectivity index (χ3n) is 5.36. The fraction of sp³-hybridized carbons (Fsp3) is 0.947. The Morgan fingerprint density at radius 2 is 1.88 bits per heavy atom. The average molecular weight is 354 g/mol. The molecule has 0 radical (unpaired) electrons. The van der Waals surface area contributed by atoms with E-state index in [1.807, 2.05) is 0 Å². The van der Waals surface area contributed by atoms with Crippen LogP contribution < -0.4 is 5.32 Å². The molecule has 2 rings (SSSR count). The number of likely N-dealkylation sites (N-methyl/N-ethyl adjacent to an activating group) is 1. The van der Waals surface area contributed by atoms with Gasteiger partial charge < -0.3 is 24.8 Å². The number of methoxy groups -OCH3 is 1. The molecular formula is C19H39N5O. The minimum atomic E-state index is 0.596. The molecule has 25 heavy (non-hydrogen) atoms. The second-order valence-corrected chi connectivity index (χ2v) is 7.59. The number of rotatable bonds is 8. The topological polar surface area (TPSA) is 43.3 Å². The van der Waals surface area contributed by atoms with E-state index >= 15 is 0 Å². The number of hydrogen-bond acceptors (Lipinski definition) is 4. The van der Waals surface area contributed by atoms with Crippen molar-refractivity contribution in [3.8, 4) is 0 Å². The van der Waals surface area contributed by atoms with E-state index in [0.29, 0.717) is 11.8 Å². The maximum absolute atomic E-state index is 5.32. The summed E-state index contributed by atoms with van der Waals surface area (Å²) in [6.45, 7) is 18.7. The van der Waals surface area contributed by atoms with Crippen LogP contribution in [0, 0.1) is 11.8 Å². The van der Waals surface area contributed by atoms with Crippen LogP contribution in [0.2, 0.25) is 0 Å². The molecule has 1 N–H and O–H groups in total. The van der Waals surface area contributed by atoms with Gasteiger partial charge in [-0.2, -0.15) is 0 Å².